The van der Waals surface area contributed by atoms with E-state index in [4.69, 9.17) is 11.6 Å². The summed E-state index contributed by atoms with van der Waals surface area (Å²) >= 11 is 6.06. The van der Waals surface area contributed by atoms with E-state index >= 15 is 0 Å². The summed E-state index contributed by atoms with van der Waals surface area (Å²) in [5, 5.41) is 16.6. The molecule has 0 saturated carbocycles. The molecule has 0 spiro atoms. The zero-order valence-electron chi connectivity index (χ0n) is 11.3. The molecule has 1 unspecified atom stereocenters. The van der Waals surface area contributed by atoms with Crippen molar-refractivity contribution in [2.45, 2.75) is 13.0 Å². The average molecular weight is 294 g/mol. The molecule has 0 aliphatic rings. The van der Waals surface area contributed by atoms with Crippen molar-refractivity contribution in [2.24, 2.45) is 7.05 Å². The number of amides is 1. The lowest BCUT2D eigenvalue weighted by Gasteiger charge is -2.16. The third kappa shape index (κ3) is 3.00. The van der Waals surface area contributed by atoms with E-state index in [1.54, 1.807) is 36.3 Å². The number of carbonyl (C=O) groups excluding carboxylic acids is 1. The van der Waals surface area contributed by atoms with Crippen LogP contribution in [0.2, 0.25) is 5.02 Å². The molecule has 20 heavy (non-hydrogen) atoms. The van der Waals surface area contributed by atoms with Crippen LogP contribution in [0.3, 0.4) is 0 Å². The van der Waals surface area contributed by atoms with Crippen LogP contribution in [0.4, 0.5) is 0 Å². The standard InChI is InChI=1S/C14H16ClN3O2/c1-9-4-3-5-11(15)13(9)14(20)17-12(8-19)10-6-16-18(2)7-10/h3-7,12,19H,8H2,1-2H3,(H,17,20). The maximum absolute atomic E-state index is 12.3. The lowest BCUT2D eigenvalue weighted by atomic mass is 10.1. The smallest absolute Gasteiger partial charge is 0.253 e. The highest BCUT2D eigenvalue weighted by Crippen LogP contribution is 2.21. The zero-order valence-corrected chi connectivity index (χ0v) is 12.1. The van der Waals surface area contributed by atoms with E-state index in [2.05, 4.69) is 10.4 Å². The molecule has 0 saturated heterocycles. The quantitative estimate of drug-likeness (QED) is 0.904. The van der Waals surface area contributed by atoms with E-state index in [0.717, 1.165) is 11.1 Å². The Bertz CT molecular complexity index is 604. The van der Waals surface area contributed by atoms with Gasteiger partial charge in [-0.25, -0.2) is 0 Å². The summed E-state index contributed by atoms with van der Waals surface area (Å²) in [6.45, 7) is 1.61. The Morgan fingerprint density at radius 3 is 2.85 bits per heavy atom. The third-order valence-corrected chi connectivity index (χ3v) is 3.38. The topological polar surface area (TPSA) is 67.2 Å². The number of aliphatic hydroxyl groups is 1. The van der Waals surface area contributed by atoms with Crippen molar-refractivity contribution in [1.29, 1.82) is 0 Å². The number of aromatic nitrogens is 2. The van der Waals surface area contributed by atoms with Gasteiger partial charge in [0.25, 0.3) is 5.91 Å². The molecule has 6 heteroatoms. The number of aryl methyl sites for hydroxylation is 2. The molecule has 1 amide bonds. The van der Waals surface area contributed by atoms with Crippen LogP contribution in [0.15, 0.2) is 30.6 Å². The Balaban J connectivity index is 2.22. The van der Waals surface area contributed by atoms with Gasteiger partial charge in [0.2, 0.25) is 0 Å². The van der Waals surface area contributed by atoms with Gasteiger partial charge in [0, 0.05) is 18.8 Å². The number of rotatable bonds is 4. The minimum atomic E-state index is -0.508. The van der Waals surface area contributed by atoms with Crippen molar-refractivity contribution in [2.75, 3.05) is 6.61 Å². The number of benzene rings is 1. The van der Waals surface area contributed by atoms with Crippen LogP contribution in [-0.4, -0.2) is 27.4 Å². The first-order valence-corrected chi connectivity index (χ1v) is 6.56. The number of nitrogens with zero attached hydrogens (tertiary/aromatic N) is 2. The summed E-state index contributed by atoms with van der Waals surface area (Å²) in [5.74, 6) is -0.309. The fraction of sp³-hybridized carbons (Fsp3) is 0.286. The lowest BCUT2D eigenvalue weighted by Crippen LogP contribution is -2.31. The van der Waals surface area contributed by atoms with Gasteiger partial charge in [0.05, 0.1) is 29.4 Å². The Labute approximate surface area is 122 Å². The van der Waals surface area contributed by atoms with Crippen LogP contribution in [-0.2, 0) is 7.05 Å². The molecule has 1 aromatic heterocycles. The van der Waals surface area contributed by atoms with Crippen molar-refractivity contribution >= 4 is 17.5 Å². The predicted octanol–water partition coefficient (Wildman–Crippen LogP) is 1.85. The zero-order chi connectivity index (χ0) is 14.7. The minimum absolute atomic E-state index is 0.207. The number of nitrogens with one attached hydrogen (secondary N) is 1. The van der Waals surface area contributed by atoms with Crippen LogP contribution in [0.25, 0.3) is 0 Å². The van der Waals surface area contributed by atoms with Crippen molar-refractivity contribution < 1.29 is 9.90 Å². The lowest BCUT2D eigenvalue weighted by molar-refractivity contribution is 0.0915. The van der Waals surface area contributed by atoms with Crippen LogP contribution >= 0.6 is 11.6 Å². The number of hydrogen-bond donors (Lipinski definition) is 2. The maximum atomic E-state index is 12.3. The summed E-state index contributed by atoms with van der Waals surface area (Å²) in [7, 11) is 1.78. The molecule has 0 aliphatic carbocycles. The van der Waals surface area contributed by atoms with Crippen molar-refractivity contribution in [1.82, 2.24) is 15.1 Å². The first-order valence-electron chi connectivity index (χ1n) is 6.18. The van der Waals surface area contributed by atoms with Crippen LogP contribution in [0.1, 0.15) is 27.5 Å². The van der Waals surface area contributed by atoms with Gasteiger partial charge in [0.1, 0.15) is 0 Å². The van der Waals surface area contributed by atoms with Crippen LogP contribution < -0.4 is 5.32 Å². The van der Waals surface area contributed by atoms with Crippen molar-refractivity contribution in [3.05, 3.63) is 52.3 Å². The minimum Gasteiger partial charge on any atom is -0.394 e. The second-order valence-electron chi connectivity index (χ2n) is 4.59. The van der Waals surface area contributed by atoms with Gasteiger partial charge < -0.3 is 10.4 Å². The molecular formula is C14H16ClN3O2. The highest BCUT2D eigenvalue weighted by atomic mass is 35.5. The van der Waals surface area contributed by atoms with E-state index in [1.165, 1.54) is 0 Å². The van der Waals surface area contributed by atoms with Crippen molar-refractivity contribution in [3.8, 4) is 0 Å². The van der Waals surface area contributed by atoms with E-state index in [9.17, 15) is 9.90 Å². The Hall–Kier alpha value is -1.85. The molecule has 0 fully saturated rings. The van der Waals surface area contributed by atoms with Crippen molar-refractivity contribution in [3.63, 3.8) is 0 Å². The highest BCUT2D eigenvalue weighted by molar-refractivity contribution is 6.34. The van der Waals surface area contributed by atoms with E-state index in [0.29, 0.717) is 10.6 Å². The van der Waals surface area contributed by atoms with E-state index < -0.39 is 6.04 Å². The molecular weight excluding hydrogens is 278 g/mol. The van der Waals surface area contributed by atoms with Gasteiger partial charge in [-0.05, 0) is 18.6 Å². The van der Waals surface area contributed by atoms with Crippen LogP contribution in [0.5, 0.6) is 0 Å². The normalized spacial score (nSPS) is 12.2. The molecule has 0 aliphatic heterocycles. The van der Waals surface area contributed by atoms with E-state index in [-0.39, 0.29) is 12.5 Å². The fourth-order valence-corrected chi connectivity index (χ4v) is 2.31. The molecule has 1 aromatic carbocycles. The number of hydrogen-bond acceptors (Lipinski definition) is 3. The Morgan fingerprint density at radius 1 is 1.55 bits per heavy atom. The molecule has 2 N–H and O–H groups in total. The first-order chi connectivity index (χ1) is 9.52. The number of carbonyl (C=O) groups is 1. The molecule has 2 rings (SSSR count). The predicted molar refractivity (Wildman–Crippen MR) is 76.7 cm³/mol. The Morgan fingerprint density at radius 2 is 2.30 bits per heavy atom. The van der Waals surface area contributed by atoms with Gasteiger partial charge in [-0.15, -0.1) is 0 Å². The summed E-state index contributed by atoms with van der Waals surface area (Å²) in [4.78, 5) is 12.3. The second kappa shape index (κ2) is 6.07. The summed E-state index contributed by atoms with van der Waals surface area (Å²) in [5.41, 5.74) is 1.96. The maximum Gasteiger partial charge on any atom is 0.253 e. The third-order valence-electron chi connectivity index (χ3n) is 3.06. The molecule has 5 nitrogen and oxygen atoms in total. The molecule has 2 aromatic rings. The first kappa shape index (κ1) is 14.6. The fourth-order valence-electron chi connectivity index (χ4n) is 2.00. The van der Waals surface area contributed by atoms with Gasteiger partial charge in [-0.3, -0.25) is 9.48 Å². The second-order valence-corrected chi connectivity index (χ2v) is 4.99. The molecule has 1 heterocycles. The number of halogens is 1. The summed E-state index contributed by atoms with van der Waals surface area (Å²) in [6, 6.07) is 4.77. The largest absolute Gasteiger partial charge is 0.394 e. The summed E-state index contributed by atoms with van der Waals surface area (Å²) in [6.07, 6.45) is 3.36. The van der Waals surface area contributed by atoms with Gasteiger partial charge >= 0.3 is 0 Å². The molecule has 1 atom stereocenters. The van der Waals surface area contributed by atoms with Gasteiger partial charge in [-0.1, -0.05) is 23.7 Å². The SMILES string of the molecule is Cc1cccc(Cl)c1C(=O)NC(CO)c1cnn(C)c1. The summed E-state index contributed by atoms with van der Waals surface area (Å²) < 4.78 is 1.62. The Kier molecular flexibility index (Phi) is 4.42. The monoisotopic (exact) mass is 293 g/mol. The van der Waals surface area contributed by atoms with Crippen LogP contribution in [0, 0.1) is 6.92 Å². The van der Waals surface area contributed by atoms with Gasteiger partial charge in [0.15, 0.2) is 0 Å². The van der Waals surface area contributed by atoms with E-state index in [1.807, 2.05) is 13.0 Å². The van der Waals surface area contributed by atoms with Gasteiger partial charge in [-0.2, -0.15) is 5.10 Å². The molecule has 106 valence electrons. The molecule has 0 radical (unpaired) electrons. The number of aliphatic hydroxyl groups excluding tert-OH is 1. The molecule has 0 bridgehead atoms. The highest BCUT2D eigenvalue weighted by Gasteiger charge is 2.19. The average Bonchev–Trinajstić information content (AvgIpc) is 2.82.